The Morgan fingerprint density at radius 1 is 0.476 bits per heavy atom. The molecule has 0 aromatic carbocycles. The third-order valence-electron chi connectivity index (χ3n) is 11.6. The molecule has 3 unspecified atom stereocenters. The van der Waals surface area contributed by atoms with Crippen LogP contribution in [0, 0.1) is 0 Å². The molecule has 0 bridgehead atoms. The Labute approximate surface area is 387 Å². The number of unbranched alkanes of at least 4 members (excludes halogenated alkanes) is 32. The van der Waals surface area contributed by atoms with Crippen molar-refractivity contribution in [1.29, 1.82) is 0 Å². The first kappa shape index (κ1) is 61.5. The van der Waals surface area contributed by atoms with E-state index in [4.69, 9.17) is 23.6 Å². The predicted molar refractivity (Wildman–Crippen MR) is 261 cm³/mol. The van der Waals surface area contributed by atoms with Gasteiger partial charge in [0.2, 0.25) is 0 Å². The molecule has 0 radical (unpaired) electrons. The average molecular weight is 915 g/mol. The Morgan fingerprint density at radius 3 is 1.24 bits per heavy atom. The fourth-order valence-electron chi connectivity index (χ4n) is 7.56. The molecule has 0 aliphatic carbocycles. The molecule has 3 atom stereocenters. The second kappa shape index (κ2) is 48.4. The van der Waals surface area contributed by atoms with Gasteiger partial charge in [0.05, 0.1) is 19.8 Å². The van der Waals surface area contributed by atoms with Crippen LogP contribution in [0.25, 0.3) is 0 Å². The molecule has 0 saturated heterocycles. The summed E-state index contributed by atoms with van der Waals surface area (Å²) < 4.78 is 32.9. The van der Waals surface area contributed by atoms with Gasteiger partial charge in [0.1, 0.15) is 12.7 Å². The number of rotatable bonds is 50. The van der Waals surface area contributed by atoms with Gasteiger partial charge in [-0.25, -0.2) is 4.57 Å². The molecule has 0 aromatic rings. The van der Waals surface area contributed by atoms with Crippen molar-refractivity contribution in [2.45, 2.75) is 270 Å². The molecule has 0 saturated carbocycles. The third kappa shape index (κ3) is 48.2. The SMILES string of the molecule is CCCCCC/C=C\C/C=C\CCCCCCCCCC(=O)OC(COC(=O)CCCCCCCCCCCCCCCCCCCCCCCC)COP(=O)(O)OCC(O)CO. The summed E-state index contributed by atoms with van der Waals surface area (Å²) in [6.45, 7) is 2.41. The fourth-order valence-corrected chi connectivity index (χ4v) is 8.35. The van der Waals surface area contributed by atoms with Crippen molar-refractivity contribution in [2.75, 3.05) is 26.4 Å². The van der Waals surface area contributed by atoms with E-state index in [0.29, 0.717) is 12.8 Å². The minimum Gasteiger partial charge on any atom is -0.462 e. The molecule has 11 heteroatoms. The second-order valence-electron chi connectivity index (χ2n) is 17.9. The highest BCUT2D eigenvalue weighted by atomic mass is 31.2. The number of carbonyl (C=O) groups is 2. The number of aliphatic hydroxyl groups excluding tert-OH is 2. The van der Waals surface area contributed by atoms with E-state index in [1.807, 2.05) is 0 Å². The molecule has 0 rings (SSSR count). The van der Waals surface area contributed by atoms with Crippen molar-refractivity contribution in [2.24, 2.45) is 0 Å². The molecule has 0 amide bonds. The lowest BCUT2D eigenvalue weighted by atomic mass is 10.0. The van der Waals surface area contributed by atoms with Crippen LogP contribution >= 0.6 is 7.82 Å². The summed E-state index contributed by atoms with van der Waals surface area (Å²) >= 11 is 0. The number of phosphoric ester groups is 1. The van der Waals surface area contributed by atoms with Gasteiger partial charge in [-0.3, -0.25) is 18.6 Å². The standard InChI is InChI=1S/C52H99O10P/c1-3-5-7-9-11-13-15-17-19-21-23-24-25-26-28-29-31-33-35-37-39-41-43-51(55)59-47-50(48-61-63(57,58)60-46-49(54)45-53)62-52(56)44-42-40-38-36-34-32-30-27-22-20-18-16-14-12-10-8-6-4-2/h14,16,20,22,49-50,53-54H,3-13,15,17-19,21,23-48H2,1-2H3,(H,57,58)/b16-14-,22-20-. The molecule has 0 fully saturated rings. The van der Waals surface area contributed by atoms with Gasteiger partial charge in [0, 0.05) is 12.8 Å². The summed E-state index contributed by atoms with van der Waals surface area (Å²) in [5.41, 5.74) is 0. The third-order valence-corrected chi connectivity index (χ3v) is 12.6. The van der Waals surface area contributed by atoms with Gasteiger partial charge >= 0.3 is 19.8 Å². The molecule has 0 heterocycles. The summed E-state index contributed by atoms with van der Waals surface area (Å²) in [6, 6.07) is 0. The number of hydrogen-bond acceptors (Lipinski definition) is 9. The van der Waals surface area contributed by atoms with Gasteiger partial charge < -0.3 is 24.6 Å². The number of hydrogen-bond donors (Lipinski definition) is 3. The topological polar surface area (TPSA) is 149 Å². The first-order valence-corrected chi connectivity index (χ1v) is 27.8. The van der Waals surface area contributed by atoms with Crippen molar-refractivity contribution in [3.05, 3.63) is 24.3 Å². The summed E-state index contributed by atoms with van der Waals surface area (Å²) in [7, 11) is -4.62. The quantitative estimate of drug-likeness (QED) is 0.0233. The van der Waals surface area contributed by atoms with Gasteiger partial charge in [-0.1, -0.05) is 224 Å². The molecule has 372 valence electrons. The lowest BCUT2D eigenvalue weighted by Gasteiger charge is -2.20. The van der Waals surface area contributed by atoms with Crippen molar-refractivity contribution >= 4 is 19.8 Å². The molecule has 63 heavy (non-hydrogen) atoms. The molecule has 0 spiro atoms. The van der Waals surface area contributed by atoms with Crippen LogP contribution < -0.4 is 0 Å². The van der Waals surface area contributed by atoms with Gasteiger partial charge in [0.25, 0.3) is 0 Å². The van der Waals surface area contributed by atoms with Gasteiger partial charge in [-0.05, 0) is 44.9 Å². The molecule has 0 aliphatic heterocycles. The minimum atomic E-state index is -4.62. The van der Waals surface area contributed by atoms with E-state index in [1.165, 1.54) is 167 Å². The van der Waals surface area contributed by atoms with Crippen molar-refractivity contribution < 1.29 is 47.8 Å². The van der Waals surface area contributed by atoms with E-state index in [-0.39, 0.29) is 19.4 Å². The zero-order chi connectivity index (χ0) is 46.2. The lowest BCUT2D eigenvalue weighted by Crippen LogP contribution is -2.29. The van der Waals surface area contributed by atoms with Crippen molar-refractivity contribution in [3.63, 3.8) is 0 Å². The zero-order valence-corrected chi connectivity index (χ0v) is 41.7. The van der Waals surface area contributed by atoms with E-state index in [2.05, 4.69) is 38.2 Å². The predicted octanol–water partition coefficient (Wildman–Crippen LogP) is 14.9. The van der Waals surface area contributed by atoms with E-state index in [1.54, 1.807) is 0 Å². The molecule has 0 aromatic heterocycles. The van der Waals surface area contributed by atoms with Crippen LogP contribution in [0.5, 0.6) is 0 Å². The maximum absolute atomic E-state index is 12.7. The number of allylic oxidation sites excluding steroid dienone is 4. The Bertz CT molecular complexity index is 1100. The minimum absolute atomic E-state index is 0.178. The monoisotopic (exact) mass is 915 g/mol. The lowest BCUT2D eigenvalue weighted by molar-refractivity contribution is -0.161. The van der Waals surface area contributed by atoms with Crippen LogP contribution in [0.1, 0.15) is 258 Å². The highest BCUT2D eigenvalue weighted by Gasteiger charge is 2.27. The first-order chi connectivity index (χ1) is 30.7. The number of aliphatic hydroxyl groups is 2. The second-order valence-corrected chi connectivity index (χ2v) is 19.4. The van der Waals surface area contributed by atoms with Crippen LogP contribution in [0.15, 0.2) is 24.3 Å². The van der Waals surface area contributed by atoms with E-state index in [0.717, 1.165) is 51.4 Å². The number of esters is 2. The highest BCUT2D eigenvalue weighted by molar-refractivity contribution is 7.47. The number of carbonyl (C=O) groups excluding carboxylic acids is 2. The number of ether oxygens (including phenoxy) is 2. The normalized spacial score (nSPS) is 13.8. The molecule has 10 nitrogen and oxygen atoms in total. The van der Waals surface area contributed by atoms with Crippen LogP contribution in [0.2, 0.25) is 0 Å². The average Bonchev–Trinajstić information content (AvgIpc) is 3.27. The smallest absolute Gasteiger partial charge is 0.462 e. The maximum Gasteiger partial charge on any atom is 0.472 e. The Morgan fingerprint density at radius 2 is 0.825 bits per heavy atom. The molecular formula is C52H99O10P. The summed E-state index contributed by atoms with van der Waals surface area (Å²) in [4.78, 5) is 35.2. The van der Waals surface area contributed by atoms with E-state index in [9.17, 15) is 24.2 Å². The maximum atomic E-state index is 12.7. The summed E-state index contributed by atoms with van der Waals surface area (Å²) in [5.74, 6) is -0.919. The molecule has 0 aliphatic rings. The van der Waals surface area contributed by atoms with Crippen molar-refractivity contribution in [3.8, 4) is 0 Å². The van der Waals surface area contributed by atoms with E-state index < -0.39 is 51.8 Å². The molecule has 3 N–H and O–H groups in total. The fraction of sp³-hybridized carbons (Fsp3) is 0.885. The molecular weight excluding hydrogens is 816 g/mol. The van der Waals surface area contributed by atoms with Gasteiger partial charge in [-0.15, -0.1) is 0 Å². The Balaban J connectivity index is 4.13. The van der Waals surface area contributed by atoms with Crippen molar-refractivity contribution in [1.82, 2.24) is 0 Å². The van der Waals surface area contributed by atoms with Gasteiger partial charge in [-0.2, -0.15) is 0 Å². The first-order valence-electron chi connectivity index (χ1n) is 26.3. The summed E-state index contributed by atoms with van der Waals surface area (Å²) in [6.07, 6.45) is 51.5. The van der Waals surface area contributed by atoms with Crippen LogP contribution in [0.4, 0.5) is 0 Å². The Hall–Kier alpha value is -1.55. The summed E-state index contributed by atoms with van der Waals surface area (Å²) in [5, 5.41) is 18.4. The van der Waals surface area contributed by atoms with Crippen LogP contribution in [-0.4, -0.2) is 65.7 Å². The van der Waals surface area contributed by atoms with Crippen LogP contribution in [0.3, 0.4) is 0 Å². The zero-order valence-electron chi connectivity index (χ0n) is 40.8. The largest absolute Gasteiger partial charge is 0.472 e. The Kier molecular flexibility index (Phi) is 47.2. The highest BCUT2D eigenvalue weighted by Crippen LogP contribution is 2.43. The number of phosphoric acid groups is 1. The van der Waals surface area contributed by atoms with E-state index >= 15 is 0 Å². The van der Waals surface area contributed by atoms with Crippen LogP contribution in [-0.2, 0) is 32.7 Å². The van der Waals surface area contributed by atoms with Gasteiger partial charge in [0.15, 0.2) is 6.10 Å².